The molecule has 0 saturated heterocycles. The predicted molar refractivity (Wildman–Crippen MR) is 111 cm³/mol. The number of carbonyl (C=O) groups is 3. The van der Waals surface area contributed by atoms with Crippen molar-refractivity contribution in [1.82, 2.24) is 10.2 Å². The summed E-state index contributed by atoms with van der Waals surface area (Å²) in [5.74, 6) is -2.39. The maximum atomic E-state index is 13.7. The van der Waals surface area contributed by atoms with Gasteiger partial charge in [0, 0.05) is 11.9 Å². The fraction of sp³-hybridized carbons (Fsp3) is 0.174. The first-order chi connectivity index (χ1) is 15.0. The van der Waals surface area contributed by atoms with Gasteiger partial charge in [0.1, 0.15) is 12.4 Å². The van der Waals surface area contributed by atoms with Gasteiger partial charge in [-0.15, -0.1) is 0 Å². The van der Waals surface area contributed by atoms with E-state index in [1.807, 2.05) is 30.3 Å². The van der Waals surface area contributed by atoms with E-state index in [2.05, 4.69) is 5.32 Å². The highest BCUT2D eigenvalue weighted by molar-refractivity contribution is 6.32. The molecule has 31 heavy (non-hydrogen) atoms. The second-order valence-electron chi connectivity index (χ2n) is 6.60. The summed E-state index contributed by atoms with van der Waals surface area (Å²) < 4.78 is 23.7. The first kappa shape index (κ1) is 21.8. The van der Waals surface area contributed by atoms with Crippen LogP contribution in [0.15, 0.2) is 72.6 Å². The Kier molecular flexibility index (Phi) is 7.16. The van der Waals surface area contributed by atoms with Crippen LogP contribution in [0, 0.1) is 5.82 Å². The van der Waals surface area contributed by atoms with Gasteiger partial charge in [-0.25, -0.2) is 14.0 Å². The van der Waals surface area contributed by atoms with Gasteiger partial charge in [-0.3, -0.25) is 10.1 Å². The molecule has 1 heterocycles. The number of hydrogen-bond donors (Lipinski definition) is 1. The van der Waals surface area contributed by atoms with E-state index >= 15 is 0 Å². The standard InChI is InChI=1S/C23H21FN2O5/c1-2-30-22(28)21(27)26-13-18(17-9-6-10-19(24)11-17)12-20(14-26)25-23(29)31-15-16-7-4-3-5-8-16/h3-13H,2,14-15H2,1H3,(H,25,29). The van der Waals surface area contributed by atoms with E-state index in [9.17, 15) is 18.8 Å². The van der Waals surface area contributed by atoms with Gasteiger partial charge in [-0.2, -0.15) is 0 Å². The third-order valence-electron chi connectivity index (χ3n) is 4.31. The fourth-order valence-electron chi connectivity index (χ4n) is 2.90. The number of nitrogens with one attached hydrogen (secondary N) is 1. The molecule has 8 heteroatoms. The molecule has 1 aliphatic heterocycles. The fourth-order valence-corrected chi connectivity index (χ4v) is 2.90. The van der Waals surface area contributed by atoms with Crippen molar-refractivity contribution in [2.75, 3.05) is 13.2 Å². The average molecular weight is 424 g/mol. The quantitative estimate of drug-likeness (QED) is 0.588. The summed E-state index contributed by atoms with van der Waals surface area (Å²) in [5, 5.41) is 2.58. The molecule has 0 fully saturated rings. The Bertz CT molecular complexity index is 1030. The van der Waals surface area contributed by atoms with Gasteiger partial charge >= 0.3 is 18.0 Å². The zero-order valence-corrected chi connectivity index (χ0v) is 16.8. The van der Waals surface area contributed by atoms with Gasteiger partial charge in [-0.1, -0.05) is 42.5 Å². The Morgan fingerprint density at radius 2 is 1.84 bits per heavy atom. The van der Waals surface area contributed by atoms with Crippen molar-refractivity contribution in [1.29, 1.82) is 0 Å². The van der Waals surface area contributed by atoms with Crippen LogP contribution in [-0.4, -0.2) is 36.0 Å². The van der Waals surface area contributed by atoms with Crippen molar-refractivity contribution in [2.45, 2.75) is 13.5 Å². The van der Waals surface area contributed by atoms with Crippen molar-refractivity contribution >= 4 is 23.5 Å². The summed E-state index contributed by atoms with van der Waals surface area (Å²) in [6, 6.07) is 14.9. The molecule has 2 aromatic rings. The van der Waals surface area contributed by atoms with Crippen molar-refractivity contribution in [3.05, 3.63) is 89.5 Å². The van der Waals surface area contributed by atoms with Gasteiger partial charge in [0.2, 0.25) is 0 Å². The second-order valence-corrected chi connectivity index (χ2v) is 6.60. The van der Waals surface area contributed by atoms with Crippen LogP contribution in [0.1, 0.15) is 18.1 Å². The van der Waals surface area contributed by atoms with Crippen LogP contribution < -0.4 is 5.32 Å². The van der Waals surface area contributed by atoms with E-state index in [1.165, 1.54) is 24.4 Å². The highest BCUT2D eigenvalue weighted by Gasteiger charge is 2.26. The molecule has 160 valence electrons. The topological polar surface area (TPSA) is 84.9 Å². The summed E-state index contributed by atoms with van der Waals surface area (Å²) in [6.45, 7) is 1.62. The van der Waals surface area contributed by atoms with Crippen molar-refractivity contribution in [3.63, 3.8) is 0 Å². The van der Waals surface area contributed by atoms with Crippen LogP contribution in [-0.2, 0) is 25.7 Å². The lowest BCUT2D eigenvalue weighted by Gasteiger charge is -2.25. The van der Waals surface area contributed by atoms with Gasteiger partial charge in [0.25, 0.3) is 0 Å². The van der Waals surface area contributed by atoms with Gasteiger partial charge < -0.3 is 14.4 Å². The predicted octanol–water partition coefficient (Wildman–Crippen LogP) is 3.38. The van der Waals surface area contributed by atoms with Crippen molar-refractivity contribution < 1.29 is 28.2 Å². The molecular formula is C23H21FN2O5. The number of carbonyl (C=O) groups excluding carboxylic acids is 3. The zero-order valence-electron chi connectivity index (χ0n) is 16.8. The molecule has 0 aliphatic carbocycles. The minimum Gasteiger partial charge on any atom is -0.459 e. The maximum Gasteiger partial charge on any atom is 0.411 e. The summed E-state index contributed by atoms with van der Waals surface area (Å²) in [6.07, 6.45) is 2.28. The van der Waals surface area contributed by atoms with E-state index in [4.69, 9.17) is 9.47 Å². The van der Waals surface area contributed by atoms with Crippen LogP contribution in [0.25, 0.3) is 5.57 Å². The number of hydrogen-bond acceptors (Lipinski definition) is 5. The summed E-state index contributed by atoms with van der Waals surface area (Å²) in [5.41, 5.74) is 2.02. The largest absolute Gasteiger partial charge is 0.459 e. The van der Waals surface area contributed by atoms with E-state index < -0.39 is 23.8 Å². The number of nitrogens with zero attached hydrogens (tertiary/aromatic N) is 1. The Hall–Kier alpha value is -3.94. The molecule has 0 atom stereocenters. The van der Waals surface area contributed by atoms with E-state index in [1.54, 1.807) is 19.1 Å². The van der Waals surface area contributed by atoms with Gasteiger partial charge in [0.15, 0.2) is 0 Å². The molecule has 7 nitrogen and oxygen atoms in total. The Morgan fingerprint density at radius 1 is 1.06 bits per heavy atom. The zero-order chi connectivity index (χ0) is 22.2. The van der Waals surface area contributed by atoms with Gasteiger partial charge in [0.05, 0.1) is 13.2 Å². The molecule has 1 N–H and O–H groups in total. The highest BCUT2D eigenvalue weighted by atomic mass is 19.1. The van der Waals surface area contributed by atoms with Crippen molar-refractivity contribution in [2.24, 2.45) is 0 Å². The lowest BCUT2D eigenvalue weighted by Crippen LogP contribution is -2.40. The number of alkyl carbamates (subject to hydrolysis) is 1. The normalized spacial score (nSPS) is 13.0. The monoisotopic (exact) mass is 424 g/mol. The lowest BCUT2D eigenvalue weighted by atomic mass is 10.0. The molecule has 0 bridgehead atoms. The number of ether oxygens (including phenoxy) is 2. The lowest BCUT2D eigenvalue weighted by molar-refractivity contribution is -0.158. The minimum atomic E-state index is -1.02. The first-order valence-corrected chi connectivity index (χ1v) is 9.60. The molecule has 0 spiro atoms. The van der Waals surface area contributed by atoms with Crippen LogP contribution in [0.5, 0.6) is 0 Å². The molecule has 0 unspecified atom stereocenters. The van der Waals surface area contributed by atoms with Gasteiger partial charge in [-0.05, 0) is 41.8 Å². The second kappa shape index (κ2) is 10.2. The summed E-state index contributed by atoms with van der Waals surface area (Å²) >= 11 is 0. The van der Waals surface area contributed by atoms with Crippen LogP contribution in [0.4, 0.5) is 9.18 Å². The summed E-state index contributed by atoms with van der Waals surface area (Å²) in [4.78, 5) is 37.7. The highest BCUT2D eigenvalue weighted by Crippen LogP contribution is 2.23. The number of benzene rings is 2. The third-order valence-corrected chi connectivity index (χ3v) is 4.31. The molecule has 0 radical (unpaired) electrons. The number of esters is 1. The number of allylic oxidation sites excluding steroid dienone is 2. The smallest absolute Gasteiger partial charge is 0.411 e. The molecule has 0 saturated carbocycles. The van der Waals surface area contributed by atoms with Crippen LogP contribution in [0.3, 0.4) is 0 Å². The molecular weight excluding hydrogens is 403 g/mol. The van der Waals surface area contributed by atoms with E-state index in [-0.39, 0.29) is 19.8 Å². The van der Waals surface area contributed by atoms with Crippen LogP contribution in [0.2, 0.25) is 0 Å². The number of amides is 2. The third kappa shape index (κ3) is 6.02. The molecule has 2 amide bonds. The Morgan fingerprint density at radius 3 is 2.55 bits per heavy atom. The SMILES string of the molecule is CCOC(=O)C(=O)N1C=C(c2cccc(F)c2)C=C(NC(=O)OCc2ccccc2)C1. The van der Waals surface area contributed by atoms with Crippen LogP contribution >= 0.6 is 0 Å². The molecule has 2 aromatic carbocycles. The number of rotatable bonds is 5. The molecule has 1 aliphatic rings. The van der Waals surface area contributed by atoms with Crippen molar-refractivity contribution in [3.8, 4) is 0 Å². The Balaban J connectivity index is 1.77. The first-order valence-electron chi connectivity index (χ1n) is 9.60. The number of halogens is 1. The van der Waals surface area contributed by atoms with E-state index in [0.29, 0.717) is 16.8 Å². The maximum absolute atomic E-state index is 13.7. The minimum absolute atomic E-state index is 0.0473. The summed E-state index contributed by atoms with van der Waals surface area (Å²) in [7, 11) is 0. The van der Waals surface area contributed by atoms with E-state index in [0.717, 1.165) is 10.5 Å². The average Bonchev–Trinajstić information content (AvgIpc) is 2.78. The molecule has 0 aromatic heterocycles. The molecule has 3 rings (SSSR count). The Labute approximate surface area is 178 Å².